The molecule has 150 valence electrons. The van der Waals surface area contributed by atoms with E-state index >= 15 is 0 Å². The van der Waals surface area contributed by atoms with Crippen molar-refractivity contribution in [3.63, 3.8) is 0 Å². The number of carbonyl (C=O) groups is 2. The molecule has 4 rings (SSSR count). The summed E-state index contributed by atoms with van der Waals surface area (Å²) in [5.74, 6) is -0.272. The molecule has 0 atom stereocenters. The smallest absolute Gasteiger partial charge is 0.228 e. The molecule has 0 aliphatic rings. The Morgan fingerprint density at radius 3 is 2.40 bits per heavy atom. The number of rotatable bonds is 5. The number of para-hydroxylation sites is 1. The number of anilines is 2. The minimum absolute atomic E-state index is 0.130. The molecular weight excluding hydrogens is 378 g/mol. The summed E-state index contributed by atoms with van der Waals surface area (Å²) in [5, 5.41) is 11.1. The molecule has 0 spiro atoms. The molecule has 2 heterocycles. The maximum absolute atomic E-state index is 12.5. The molecule has 0 saturated heterocycles. The van der Waals surface area contributed by atoms with Crippen LogP contribution in [0.15, 0.2) is 66.9 Å². The summed E-state index contributed by atoms with van der Waals surface area (Å²) in [6.07, 6.45) is 1.86. The third kappa shape index (κ3) is 4.20. The van der Waals surface area contributed by atoms with Crippen LogP contribution < -0.4 is 10.6 Å². The van der Waals surface area contributed by atoms with Crippen molar-refractivity contribution in [1.29, 1.82) is 0 Å². The number of aryl methyl sites for hydroxylation is 1. The van der Waals surface area contributed by atoms with E-state index in [-0.39, 0.29) is 18.2 Å². The van der Waals surface area contributed by atoms with E-state index < -0.39 is 0 Å². The monoisotopic (exact) mass is 399 g/mol. The highest BCUT2D eigenvalue weighted by Gasteiger charge is 2.12. The summed E-state index contributed by atoms with van der Waals surface area (Å²) in [6, 6.07) is 18.9. The Balaban J connectivity index is 1.49. The van der Waals surface area contributed by atoms with Gasteiger partial charge in [0.05, 0.1) is 29.7 Å². The van der Waals surface area contributed by atoms with Gasteiger partial charge in [-0.1, -0.05) is 30.3 Å². The van der Waals surface area contributed by atoms with E-state index in [2.05, 4.69) is 20.7 Å². The number of benzene rings is 2. The van der Waals surface area contributed by atoms with Crippen molar-refractivity contribution in [1.82, 2.24) is 14.8 Å². The zero-order chi connectivity index (χ0) is 21.1. The Morgan fingerprint density at radius 2 is 1.70 bits per heavy atom. The number of fused-ring (bicyclic) bond motifs is 1. The van der Waals surface area contributed by atoms with Crippen molar-refractivity contribution in [2.24, 2.45) is 0 Å². The Labute approximate surface area is 173 Å². The van der Waals surface area contributed by atoms with Crippen molar-refractivity contribution in [3.05, 3.63) is 78.1 Å². The Bertz CT molecular complexity index is 1210. The zero-order valence-electron chi connectivity index (χ0n) is 16.7. The first kappa shape index (κ1) is 19.3. The quantitative estimate of drug-likeness (QED) is 0.533. The molecule has 2 aromatic heterocycles. The van der Waals surface area contributed by atoms with Gasteiger partial charge in [-0.25, -0.2) is 9.67 Å². The minimum Gasteiger partial charge on any atom is -0.326 e. The maximum atomic E-state index is 12.5. The van der Waals surface area contributed by atoms with Gasteiger partial charge < -0.3 is 10.6 Å². The molecule has 0 unspecified atom stereocenters. The molecule has 0 bridgehead atoms. The number of aromatic nitrogens is 3. The van der Waals surface area contributed by atoms with Gasteiger partial charge in [-0.05, 0) is 42.8 Å². The molecule has 0 saturated carbocycles. The van der Waals surface area contributed by atoms with E-state index in [4.69, 9.17) is 0 Å². The molecule has 2 aromatic carbocycles. The van der Waals surface area contributed by atoms with E-state index in [1.54, 1.807) is 23.0 Å². The standard InChI is InChI=1S/C23H21N5O2/c1-15-21-13-19(14-24-23(21)28(27-15)20-6-4-3-5-7-20)26-22(30)12-17-8-10-18(11-9-17)25-16(2)29/h3-11,13-14H,12H2,1-2H3,(H,25,29)(H,26,30). The van der Waals surface area contributed by atoms with Gasteiger partial charge in [0.25, 0.3) is 0 Å². The lowest BCUT2D eigenvalue weighted by Crippen LogP contribution is -2.14. The van der Waals surface area contributed by atoms with Crippen LogP contribution in [0.1, 0.15) is 18.2 Å². The number of nitrogens with zero attached hydrogens (tertiary/aromatic N) is 3. The van der Waals surface area contributed by atoms with E-state index in [1.807, 2.05) is 55.5 Å². The Morgan fingerprint density at radius 1 is 0.967 bits per heavy atom. The maximum Gasteiger partial charge on any atom is 0.228 e. The van der Waals surface area contributed by atoms with Gasteiger partial charge in [0.15, 0.2) is 5.65 Å². The van der Waals surface area contributed by atoms with Gasteiger partial charge in [-0.2, -0.15) is 5.10 Å². The van der Waals surface area contributed by atoms with Crippen LogP contribution in [0.2, 0.25) is 0 Å². The van der Waals surface area contributed by atoms with Crippen LogP contribution in [-0.4, -0.2) is 26.6 Å². The molecule has 4 aromatic rings. The van der Waals surface area contributed by atoms with Gasteiger partial charge in [-0.3, -0.25) is 9.59 Å². The number of amides is 2. The second kappa shape index (κ2) is 8.16. The minimum atomic E-state index is -0.142. The fourth-order valence-electron chi connectivity index (χ4n) is 3.26. The second-order valence-electron chi connectivity index (χ2n) is 7.03. The zero-order valence-corrected chi connectivity index (χ0v) is 16.7. The number of hydrogen-bond donors (Lipinski definition) is 2. The third-order valence-corrected chi connectivity index (χ3v) is 4.63. The van der Waals surface area contributed by atoms with Crippen LogP contribution in [0.3, 0.4) is 0 Å². The summed E-state index contributed by atoms with van der Waals surface area (Å²) in [5.41, 5.74) is 4.69. The van der Waals surface area contributed by atoms with Crippen LogP contribution in [0.5, 0.6) is 0 Å². The van der Waals surface area contributed by atoms with Crippen molar-refractivity contribution in [3.8, 4) is 5.69 Å². The predicted octanol–water partition coefficient (Wildman–Crippen LogP) is 3.87. The molecule has 0 aliphatic carbocycles. The Kier molecular flexibility index (Phi) is 5.26. The molecule has 2 N–H and O–H groups in total. The summed E-state index contributed by atoms with van der Waals surface area (Å²) >= 11 is 0. The van der Waals surface area contributed by atoms with Gasteiger partial charge in [0.2, 0.25) is 11.8 Å². The van der Waals surface area contributed by atoms with Gasteiger partial charge in [-0.15, -0.1) is 0 Å². The highest BCUT2D eigenvalue weighted by atomic mass is 16.2. The van der Waals surface area contributed by atoms with E-state index in [9.17, 15) is 9.59 Å². The summed E-state index contributed by atoms with van der Waals surface area (Å²) in [6.45, 7) is 3.38. The summed E-state index contributed by atoms with van der Waals surface area (Å²) in [7, 11) is 0. The van der Waals surface area contributed by atoms with E-state index in [0.29, 0.717) is 11.4 Å². The van der Waals surface area contributed by atoms with Gasteiger partial charge in [0.1, 0.15) is 0 Å². The van der Waals surface area contributed by atoms with Crippen molar-refractivity contribution < 1.29 is 9.59 Å². The molecule has 7 heteroatoms. The van der Waals surface area contributed by atoms with Crippen LogP contribution in [0.25, 0.3) is 16.7 Å². The lowest BCUT2D eigenvalue weighted by molar-refractivity contribution is -0.116. The Hall–Kier alpha value is -4.00. The third-order valence-electron chi connectivity index (χ3n) is 4.63. The number of hydrogen-bond acceptors (Lipinski definition) is 4. The lowest BCUT2D eigenvalue weighted by Gasteiger charge is -2.07. The molecular formula is C23H21N5O2. The van der Waals surface area contributed by atoms with Crippen LogP contribution in [0.4, 0.5) is 11.4 Å². The number of carbonyl (C=O) groups excluding carboxylic acids is 2. The SMILES string of the molecule is CC(=O)Nc1ccc(CC(=O)Nc2cnc3c(c2)c(C)nn3-c2ccccc2)cc1. The first-order valence-electron chi connectivity index (χ1n) is 9.57. The second-order valence-corrected chi connectivity index (χ2v) is 7.03. The molecule has 30 heavy (non-hydrogen) atoms. The largest absolute Gasteiger partial charge is 0.326 e. The molecule has 7 nitrogen and oxygen atoms in total. The van der Waals surface area contributed by atoms with Gasteiger partial charge >= 0.3 is 0 Å². The molecule has 0 radical (unpaired) electrons. The normalized spacial score (nSPS) is 10.7. The van der Waals surface area contributed by atoms with Gasteiger partial charge in [0, 0.05) is 18.0 Å². The first-order chi connectivity index (χ1) is 14.5. The van der Waals surface area contributed by atoms with Crippen molar-refractivity contribution in [2.45, 2.75) is 20.3 Å². The van der Waals surface area contributed by atoms with E-state index in [1.165, 1.54) is 6.92 Å². The summed E-state index contributed by atoms with van der Waals surface area (Å²) < 4.78 is 1.80. The molecule has 0 fully saturated rings. The predicted molar refractivity (Wildman–Crippen MR) is 117 cm³/mol. The topological polar surface area (TPSA) is 88.9 Å². The fourth-order valence-corrected chi connectivity index (χ4v) is 3.26. The van der Waals surface area contributed by atoms with Crippen molar-refractivity contribution >= 4 is 34.2 Å². The fraction of sp³-hybridized carbons (Fsp3) is 0.130. The highest BCUT2D eigenvalue weighted by molar-refractivity contribution is 5.94. The average Bonchev–Trinajstić information content (AvgIpc) is 3.06. The first-order valence-corrected chi connectivity index (χ1v) is 9.57. The van der Waals surface area contributed by atoms with Crippen LogP contribution in [-0.2, 0) is 16.0 Å². The molecule has 0 aliphatic heterocycles. The lowest BCUT2D eigenvalue weighted by atomic mass is 10.1. The van der Waals surface area contributed by atoms with Crippen molar-refractivity contribution in [2.75, 3.05) is 10.6 Å². The van der Waals surface area contributed by atoms with Crippen LogP contribution >= 0.6 is 0 Å². The van der Waals surface area contributed by atoms with Crippen LogP contribution in [0, 0.1) is 6.92 Å². The average molecular weight is 399 g/mol. The summed E-state index contributed by atoms with van der Waals surface area (Å²) in [4.78, 5) is 28.1. The number of pyridine rings is 1. The highest BCUT2D eigenvalue weighted by Crippen LogP contribution is 2.23. The van der Waals surface area contributed by atoms with E-state index in [0.717, 1.165) is 28.0 Å². The number of nitrogens with one attached hydrogen (secondary N) is 2. The molecule has 2 amide bonds.